The van der Waals surface area contributed by atoms with Gasteiger partial charge in [-0.15, -0.1) is 0 Å². The Kier molecular flexibility index (Phi) is 5.69. The molecular weight excluding hydrogens is 342 g/mol. The van der Waals surface area contributed by atoms with Gasteiger partial charge in [0.15, 0.2) is 0 Å². The summed E-state index contributed by atoms with van der Waals surface area (Å²) in [5.41, 5.74) is 0.933. The van der Waals surface area contributed by atoms with Crippen molar-refractivity contribution in [2.75, 3.05) is 4.90 Å². The Labute approximate surface area is 151 Å². The topological polar surface area (TPSA) is 66.8 Å². The van der Waals surface area contributed by atoms with E-state index in [1.54, 1.807) is 45.0 Å². The lowest BCUT2D eigenvalue weighted by Gasteiger charge is -2.27. The molecule has 1 N–H and O–H groups in total. The minimum atomic E-state index is -1.02. The molecule has 2 rings (SSSR count). The van der Waals surface area contributed by atoms with E-state index in [-0.39, 0.29) is 12.1 Å². The summed E-state index contributed by atoms with van der Waals surface area (Å²) >= 11 is 5.90. The number of ether oxygens (including phenoxy) is 1. The number of carboxylic acid groups (broad SMARTS) is 1. The molecule has 132 valence electrons. The number of rotatable bonds is 4. The summed E-state index contributed by atoms with van der Waals surface area (Å²) < 4.78 is 5.47. The molecule has 0 aliphatic rings. The van der Waals surface area contributed by atoms with Crippen molar-refractivity contribution in [3.05, 3.63) is 64.7 Å². The average Bonchev–Trinajstić information content (AvgIpc) is 2.52. The van der Waals surface area contributed by atoms with Crippen LogP contribution in [0.4, 0.5) is 10.5 Å². The van der Waals surface area contributed by atoms with E-state index in [9.17, 15) is 9.59 Å². The fourth-order valence-electron chi connectivity index (χ4n) is 2.13. The lowest BCUT2D eigenvalue weighted by atomic mass is 10.1. The molecule has 0 spiro atoms. The number of aromatic carboxylic acids is 1. The zero-order chi connectivity index (χ0) is 18.6. The SMILES string of the molecule is CC(C)(C)OC(=O)N(Cc1ccc(Cl)cc1)c1ccc(C(=O)O)cc1. The van der Waals surface area contributed by atoms with Gasteiger partial charge in [0.05, 0.1) is 12.1 Å². The number of carbonyl (C=O) groups excluding carboxylic acids is 1. The van der Waals surface area contributed by atoms with Crippen LogP contribution < -0.4 is 4.90 Å². The van der Waals surface area contributed by atoms with Crippen LogP contribution in [0.15, 0.2) is 48.5 Å². The van der Waals surface area contributed by atoms with E-state index >= 15 is 0 Å². The fourth-order valence-corrected chi connectivity index (χ4v) is 2.26. The summed E-state index contributed by atoms with van der Waals surface area (Å²) in [5, 5.41) is 9.63. The van der Waals surface area contributed by atoms with Gasteiger partial charge in [-0.1, -0.05) is 23.7 Å². The van der Waals surface area contributed by atoms with Crippen LogP contribution >= 0.6 is 11.6 Å². The van der Waals surface area contributed by atoms with Crippen LogP contribution in [0.2, 0.25) is 5.02 Å². The summed E-state index contributed by atoms with van der Waals surface area (Å²) in [6.45, 7) is 5.65. The lowest BCUT2D eigenvalue weighted by Crippen LogP contribution is -2.36. The molecule has 0 aliphatic heterocycles. The van der Waals surface area contributed by atoms with Crippen LogP contribution in [0.1, 0.15) is 36.7 Å². The Hall–Kier alpha value is -2.53. The Morgan fingerprint density at radius 1 is 1.04 bits per heavy atom. The molecule has 25 heavy (non-hydrogen) atoms. The molecular formula is C19H20ClNO4. The lowest BCUT2D eigenvalue weighted by molar-refractivity contribution is 0.0577. The normalized spacial score (nSPS) is 11.0. The van der Waals surface area contributed by atoms with Crippen LogP contribution in [-0.4, -0.2) is 22.8 Å². The van der Waals surface area contributed by atoms with Crippen molar-refractivity contribution in [2.24, 2.45) is 0 Å². The quantitative estimate of drug-likeness (QED) is 0.833. The number of carbonyl (C=O) groups is 2. The number of anilines is 1. The summed E-state index contributed by atoms with van der Waals surface area (Å²) in [5.74, 6) is -1.02. The highest BCUT2D eigenvalue weighted by Gasteiger charge is 2.24. The Bertz CT molecular complexity index is 748. The van der Waals surface area contributed by atoms with Gasteiger partial charge >= 0.3 is 12.1 Å². The smallest absolute Gasteiger partial charge is 0.415 e. The predicted molar refractivity (Wildman–Crippen MR) is 97.3 cm³/mol. The molecule has 0 unspecified atom stereocenters. The molecule has 0 saturated heterocycles. The van der Waals surface area contributed by atoms with Crippen LogP contribution in [0.25, 0.3) is 0 Å². The van der Waals surface area contributed by atoms with Crippen molar-refractivity contribution in [3.63, 3.8) is 0 Å². The third-order valence-electron chi connectivity index (χ3n) is 3.29. The van der Waals surface area contributed by atoms with E-state index in [1.807, 2.05) is 12.1 Å². The molecule has 0 fully saturated rings. The molecule has 0 radical (unpaired) electrons. The zero-order valence-electron chi connectivity index (χ0n) is 14.3. The minimum Gasteiger partial charge on any atom is -0.478 e. The van der Waals surface area contributed by atoms with Crippen molar-refractivity contribution in [3.8, 4) is 0 Å². The maximum atomic E-state index is 12.6. The average molecular weight is 362 g/mol. The third kappa shape index (κ3) is 5.50. The summed E-state index contributed by atoms with van der Waals surface area (Å²) in [6.07, 6.45) is -0.509. The molecule has 6 heteroatoms. The van der Waals surface area contributed by atoms with Gasteiger partial charge in [-0.2, -0.15) is 0 Å². The number of hydrogen-bond donors (Lipinski definition) is 1. The summed E-state index contributed by atoms with van der Waals surface area (Å²) in [4.78, 5) is 25.1. The first kappa shape index (κ1) is 18.8. The summed E-state index contributed by atoms with van der Waals surface area (Å²) in [6, 6.07) is 13.2. The van der Waals surface area contributed by atoms with Crippen LogP contribution in [0.5, 0.6) is 0 Å². The first-order valence-corrected chi connectivity index (χ1v) is 8.12. The first-order valence-electron chi connectivity index (χ1n) is 7.74. The van der Waals surface area contributed by atoms with Gasteiger partial charge in [-0.05, 0) is 62.7 Å². The van der Waals surface area contributed by atoms with Crippen molar-refractivity contribution >= 4 is 29.4 Å². The third-order valence-corrected chi connectivity index (χ3v) is 3.55. The molecule has 2 aromatic rings. The number of halogens is 1. The number of amides is 1. The Morgan fingerprint density at radius 3 is 2.08 bits per heavy atom. The van der Waals surface area contributed by atoms with Gasteiger partial charge in [0, 0.05) is 10.7 Å². The second-order valence-electron chi connectivity index (χ2n) is 6.54. The molecule has 5 nitrogen and oxygen atoms in total. The highest BCUT2D eigenvalue weighted by atomic mass is 35.5. The number of benzene rings is 2. The molecule has 0 atom stereocenters. The van der Waals surface area contributed by atoms with Gasteiger partial charge < -0.3 is 9.84 Å². The minimum absolute atomic E-state index is 0.152. The number of carboxylic acids is 1. The highest BCUT2D eigenvalue weighted by molar-refractivity contribution is 6.30. The molecule has 0 aromatic heterocycles. The second-order valence-corrected chi connectivity index (χ2v) is 6.98. The van der Waals surface area contributed by atoms with Gasteiger partial charge in [0.25, 0.3) is 0 Å². The summed E-state index contributed by atoms with van der Waals surface area (Å²) in [7, 11) is 0. The molecule has 0 saturated carbocycles. The fraction of sp³-hybridized carbons (Fsp3) is 0.263. The van der Waals surface area contributed by atoms with E-state index in [0.717, 1.165) is 5.56 Å². The standard InChI is InChI=1S/C19H20ClNO4/c1-19(2,3)25-18(24)21(12-13-4-8-15(20)9-5-13)16-10-6-14(7-11-16)17(22)23/h4-11H,12H2,1-3H3,(H,22,23). The van der Waals surface area contributed by atoms with Crippen LogP contribution in [-0.2, 0) is 11.3 Å². The number of nitrogens with zero attached hydrogens (tertiary/aromatic N) is 1. The molecule has 2 aromatic carbocycles. The number of hydrogen-bond acceptors (Lipinski definition) is 3. The molecule has 1 amide bonds. The Morgan fingerprint density at radius 2 is 1.60 bits per heavy atom. The maximum absolute atomic E-state index is 12.6. The zero-order valence-corrected chi connectivity index (χ0v) is 15.1. The molecule has 0 heterocycles. The van der Waals surface area contributed by atoms with Crippen molar-refractivity contribution in [2.45, 2.75) is 32.9 Å². The van der Waals surface area contributed by atoms with Crippen LogP contribution in [0, 0.1) is 0 Å². The van der Waals surface area contributed by atoms with Crippen molar-refractivity contribution < 1.29 is 19.4 Å². The van der Waals surface area contributed by atoms with E-state index in [0.29, 0.717) is 10.7 Å². The van der Waals surface area contributed by atoms with E-state index in [2.05, 4.69) is 0 Å². The first-order chi connectivity index (χ1) is 11.7. The van der Waals surface area contributed by atoms with Gasteiger partial charge in [-0.25, -0.2) is 9.59 Å². The van der Waals surface area contributed by atoms with Gasteiger partial charge in [0.1, 0.15) is 5.60 Å². The molecule has 0 aliphatic carbocycles. The molecule has 0 bridgehead atoms. The predicted octanol–water partition coefficient (Wildman–Crippen LogP) is 4.98. The van der Waals surface area contributed by atoms with E-state index in [4.69, 9.17) is 21.4 Å². The van der Waals surface area contributed by atoms with Crippen molar-refractivity contribution in [1.29, 1.82) is 0 Å². The Balaban J connectivity index is 2.32. The van der Waals surface area contributed by atoms with Gasteiger partial charge in [0.2, 0.25) is 0 Å². The second kappa shape index (κ2) is 7.57. The van der Waals surface area contributed by atoms with E-state index < -0.39 is 17.7 Å². The van der Waals surface area contributed by atoms with E-state index in [1.165, 1.54) is 17.0 Å². The monoisotopic (exact) mass is 361 g/mol. The maximum Gasteiger partial charge on any atom is 0.415 e. The largest absolute Gasteiger partial charge is 0.478 e. The highest BCUT2D eigenvalue weighted by Crippen LogP contribution is 2.22. The van der Waals surface area contributed by atoms with Crippen LogP contribution in [0.3, 0.4) is 0 Å². The van der Waals surface area contributed by atoms with Crippen molar-refractivity contribution in [1.82, 2.24) is 0 Å². The van der Waals surface area contributed by atoms with Gasteiger partial charge in [-0.3, -0.25) is 4.90 Å².